The van der Waals surface area contributed by atoms with Crippen LogP contribution in [-0.2, 0) is 11.2 Å². The minimum Gasteiger partial charge on any atom is -0.339 e. The number of aryl methyl sites for hydroxylation is 1. The Morgan fingerprint density at radius 2 is 2.56 bits per heavy atom. The molecule has 0 amide bonds. The quantitative estimate of drug-likeness (QED) is 0.562. The number of aromatic nitrogens is 2. The van der Waals surface area contributed by atoms with E-state index < -0.39 is 0 Å². The number of carbonyl (C=O) groups excluding carboxylic acids is 1. The summed E-state index contributed by atoms with van der Waals surface area (Å²) in [5.41, 5.74) is 0. The van der Waals surface area contributed by atoms with Crippen LogP contribution in [0.2, 0.25) is 0 Å². The Hall–Kier alpha value is -1.19. The van der Waals surface area contributed by atoms with Crippen LogP contribution in [0.25, 0.3) is 0 Å². The van der Waals surface area contributed by atoms with E-state index in [1.807, 2.05) is 6.92 Å². The molecule has 0 fully saturated rings. The fourth-order valence-electron chi connectivity index (χ4n) is 0.440. The minimum absolute atomic E-state index is 0.00755. The monoisotopic (exact) mass is 125 g/mol. The molecule has 47 valence electrons. The molecule has 0 saturated heterocycles. The molecule has 1 rings (SSSR count). The highest BCUT2D eigenvalue weighted by molar-refractivity contribution is 5.68. The molecule has 4 nitrogen and oxygen atoms in total. The van der Waals surface area contributed by atoms with Gasteiger partial charge in [-0.2, -0.15) is 4.98 Å². The van der Waals surface area contributed by atoms with Crippen LogP contribution in [-0.4, -0.2) is 16.4 Å². The second-order valence-electron chi connectivity index (χ2n) is 1.47. The van der Waals surface area contributed by atoms with Crippen LogP contribution >= 0.6 is 0 Å². The van der Waals surface area contributed by atoms with Crippen molar-refractivity contribution in [1.82, 2.24) is 10.1 Å². The highest BCUT2D eigenvalue weighted by atomic mass is 16.5. The second kappa shape index (κ2) is 2.39. The largest absolute Gasteiger partial charge is 0.339 e. The van der Waals surface area contributed by atoms with Crippen molar-refractivity contribution in [1.29, 1.82) is 0 Å². The molecule has 0 aromatic carbocycles. The molecule has 0 bridgehead atoms. The smallest absolute Gasteiger partial charge is 0.277 e. The van der Waals surface area contributed by atoms with Crippen molar-refractivity contribution in [3.63, 3.8) is 0 Å². The molecular weight excluding hydrogens is 120 g/mol. The van der Waals surface area contributed by atoms with Gasteiger partial charge >= 0.3 is 0 Å². The zero-order chi connectivity index (χ0) is 6.69. The van der Waals surface area contributed by atoms with Crippen LogP contribution in [0, 0.1) is 0 Å². The Morgan fingerprint density at radius 1 is 1.78 bits per heavy atom. The van der Waals surface area contributed by atoms with Gasteiger partial charge in [-0.1, -0.05) is 12.1 Å². The number of nitrogens with zero attached hydrogens (tertiary/aromatic N) is 2. The summed E-state index contributed by atoms with van der Waals surface area (Å²) in [4.78, 5) is 13.5. The van der Waals surface area contributed by atoms with E-state index in [0.29, 0.717) is 12.3 Å². The average molecular weight is 125 g/mol. The molecule has 0 aliphatic heterocycles. The van der Waals surface area contributed by atoms with Crippen molar-refractivity contribution in [3.05, 3.63) is 11.7 Å². The summed E-state index contributed by atoms with van der Waals surface area (Å²) in [6.45, 7) is 1.86. The predicted molar refractivity (Wildman–Crippen MR) is 28.5 cm³/mol. The maximum atomic E-state index is 9.83. The average Bonchev–Trinajstić information content (AvgIpc) is 2.34. The van der Waals surface area contributed by atoms with E-state index in [1.54, 1.807) is 0 Å². The summed E-state index contributed by atoms with van der Waals surface area (Å²) >= 11 is 0. The Labute approximate surface area is 51.9 Å². The van der Waals surface area contributed by atoms with Crippen LogP contribution in [0.1, 0.15) is 18.6 Å². The lowest BCUT2D eigenvalue weighted by Crippen LogP contribution is -1.82. The van der Waals surface area contributed by atoms with E-state index in [4.69, 9.17) is 0 Å². The molecule has 1 aromatic heterocycles. The Kier molecular flexibility index (Phi) is 1.58. The third-order valence-electron chi connectivity index (χ3n) is 0.862. The second-order valence-corrected chi connectivity index (χ2v) is 1.47. The first-order chi connectivity index (χ1) is 4.36. The zero-order valence-corrected chi connectivity index (χ0v) is 4.92. The van der Waals surface area contributed by atoms with Gasteiger partial charge in [0.2, 0.25) is 11.7 Å². The van der Waals surface area contributed by atoms with E-state index in [1.165, 1.54) is 6.29 Å². The molecule has 9 heavy (non-hydrogen) atoms. The van der Waals surface area contributed by atoms with Crippen LogP contribution in [0.15, 0.2) is 4.52 Å². The molecule has 0 N–H and O–H groups in total. The van der Waals surface area contributed by atoms with Gasteiger partial charge in [-0.3, -0.25) is 4.79 Å². The van der Waals surface area contributed by atoms with E-state index in [2.05, 4.69) is 14.7 Å². The fourth-order valence-corrected chi connectivity index (χ4v) is 0.440. The molecule has 0 aliphatic carbocycles. The first-order valence-corrected chi connectivity index (χ1v) is 2.57. The van der Waals surface area contributed by atoms with Gasteiger partial charge in [0.05, 0.1) is 0 Å². The van der Waals surface area contributed by atoms with Crippen molar-refractivity contribution in [3.8, 4) is 0 Å². The maximum absolute atomic E-state index is 9.83. The van der Waals surface area contributed by atoms with Crippen molar-refractivity contribution in [2.75, 3.05) is 0 Å². The van der Waals surface area contributed by atoms with Crippen LogP contribution < -0.4 is 0 Å². The summed E-state index contributed by atoms with van der Waals surface area (Å²) in [5.74, 6) is 0.459. The molecule has 0 saturated carbocycles. The lowest BCUT2D eigenvalue weighted by molar-refractivity contribution is 0.380. The standard InChI is InChI=1S/C5H5N2O2/c1-2-5-6-4(3-8)7-9-5/h2H2,1H3. The highest BCUT2D eigenvalue weighted by Gasteiger charge is 2.00. The third-order valence-corrected chi connectivity index (χ3v) is 0.862. The predicted octanol–water partition coefficient (Wildman–Crippen LogP) is 0.0898. The van der Waals surface area contributed by atoms with E-state index >= 15 is 0 Å². The number of rotatable bonds is 2. The first-order valence-electron chi connectivity index (χ1n) is 2.57. The van der Waals surface area contributed by atoms with Crippen LogP contribution in [0.5, 0.6) is 0 Å². The molecular formula is C5H5N2O2. The normalized spacial score (nSPS) is 9.44. The SMILES string of the molecule is CCc1nc([C]=O)no1. The Bertz CT molecular complexity index is 206. The summed E-state index contributed by atoms with van der Waals surface area (Å²) < 4.78 is 4.58. The molecule has 4 heteroatoms. The molecule has 0 aliphatic rings. The highest BCUT2D eigenvalue weighted by Crippen LogP contribution is 1.93. The topological polar surface area (TPSA) is 56.0 Å². The Morgan fingerprint density at radius 3 is 2.89 bits per heavy atom. The number of hydrogen-bond acceptors (Lipinski definition) is 4. The Balaban J connectivity index is 2.86. The summed E-state index contributed by atoms with van der Waals surface area (Å²) in [6, 6.07) is 0. The van der Waals surface area contributed by atoms with E-state index in [-0.39, 0.29) is 5.82 Å². The van der Waals surface area contributed by atoms with Crippen LogP contribution in [0.4, 0.5) is 0 Å². The van der Waals surface area contributed by atoms with Gasteiger partial charge in [-0.25, -0.2) is 0 Å². The van der Waals surface area contributed by atoms with Gasteiger partial charge in [-0.05, 0) is 0 Å². The molecule has 0 spiro atoms. The molecule has 1 radical (unpaired) electrons. The molecule has 0 atom stereocenters. The molecule has 0 unspecified atom stereocenters. The lowest BCUT2D eigenvalue weighted by Gasteiger charge is -1.74. The van der Waals surface area contributed by atoms with Crippen molar-refractivity contribution >= 4 is 6.29 Å². The van der Waals surface area contributed by atoms with Crippen LogP contribution in [0.3, 0.4) is 0 Å². The van der Waals surface area contributed by atoms with E-state index in [0.717, 1.165) is 0 Å². The molecule has 1 aromatic rings. The zero-order valence-electron chi connectivity index (χ0n) is 4.92. The van der Waals surface area contributed by atoms with Crippen molar-refractivity contribution < 1.29 is 9.32 Å². The van der Waals surface area contributed by atoms with Crippen molar-refractivity contribution in [2.45, 2.75) is 13.3 Å². The minimum atomic E-state index is -0.00755. The van der Waals surface area contributed by atoms with Gasteiger partial charge in [0.15, 0.2) is 0 Å². The number of hydrogen-bond donors (Lipinski definition) is 0. The lowest BCUT2D eigenvalue weighted by atomic mass is 10.5. The van der Waals surface area contributed by atoms with Gasteiger partial charge in [0, 0.05) is 6.42 Å². The summed E-state index contributed by atoms with van der Waals surface area (Å²) in [6.07, 6.45) is 2.16. The van der Waals surface area contributed by atoms with Gasteiger partial charge in [0.1, 0.15) is 0 Å². The third kappa shape index (κ3) is 1.13. The van der Waals surface area contributed by atoms with E-state index in [9.17, 15) is 4.79 Å². The summed E-state index contributed by atoms with van der Waals surface area (Å²) in [5, 5.41) is 3.30. The van der Waals surface area contributed by atoms with Gasteiger partial charge < -0.3 is 4.52 Å². The fraction of sp³-hybridized carbons (Fsp3) is 0.400. The summed E-state index contributed by atoms with van der Waals surface area (Å²) in [7, 11) is 0. The first kappa shape index (κ1) is 5.94. The van der Waals surface area contributed by atoms with Gasteiger partial charge in [-0.15, -0.1) is 0 Å². The maximum Gasteiger partial charge on any atom is 0.277 e. The van der Waals surface area contributed by atoms with Gasteiger partial charge in [0.25, 0.3) is 6.29 Å². The van der Waals surface area contributed by atoms with Crippen molar-refractivity contribution in [2.24, 2.45) is 0 Å². The molecule has 1 heterocycles.